The Balaban J connectivity index is 2.67. The maximum absolute atomic E-state index is 5.22. The second-order valence-electron chi connectivity index (χ2n) is 2.12. The van der Waals surface area contributed by atoms with Crippen LogP contribution >= 0.6 is 0 Å². The van der Waals surface area contributed by atoms with Crippen molar-refractivity contribution in [2.75, 3.05) is 13.2 Å². The van der Waals surface area contributed by atoms with Crippen LogP contribution in [0.15, 0.2) is 12.3 Å². The molecule has 0 saturated heterocycles. The van der Waals surface area contributed by atoms with Crippen LogP contribution in [0.25, 0.3) is 0 Å². The van der Waals surface area contributed by atoms with Crippen molar-refractivity contribution < 1.29 is 9.47 Å². The summed E-state index contributed by atoms with van der Waals surface area (Å²) < 4.78 is 10.4. The van der Waals surface area contributed by atoms with E-state index in [1.165, 1.54) is 0 Å². The van der Waals surface area contributed by atoms with Crippen LogP contribution in [0.5, 0.6) is 11.6 Å². The van der Waals surface area contributed by atoms with E-state index in [-0.39, 0.29) is 0 Å². The molecule has 0 atom stereocenters. The molecule has 0 fully saturated rings. The molecule has 0 aliphatic rings. The Morgan fingerprint density at radius 2 is 2.08 bits per heavy atom. The van der Waals surface area contributed by atoms with Gasteiger partial charge >= 0.3 is 0 Å². The Labute approximate surface area is 72.3 Å². The molecule has 0 spiro atoms. The number of ether oxygens (including phenoxy) is 2. The molecule has 3 nitrogen and oxygen atoms in total. The zero-order chi connectivity index (χ0) is 8.81. The highest BCUT2D eigenvalue weighted by Crippen LogP contribution is 2.15. The molecule has 0 aliphatic carbocycles. The van der Waals surface area contributed by atoms with Crippen molar-refractivity contribution in [1.29, 1.82) is 0 Å². The summed E-state index contributed by atoms with van der Waals surface area (Å²) in [7, 11) is 0. The summed E-state index contributed by atoms with van der Waals surface area (Å²) in [5.74, 6) is 1.26. The molecule has 0 aromatic carbocycles. The Bertz CT molecular complexity index is 216. The molecule has 1 aromatic heterocycles. The van der Waals surface area contributed by atoms with Gasteiger partial charge in [0.05, 0.1) is 13.2 Å². The molecule has 0 unspecified atom stereocenters. The number of rotatable bonds is 4. The maximum atomic E-state index is 5.22. The van der Waals surface area contributed by atoms with E-state index >= 15 is 0 Å². The average Bonchev–Trinajstić information content (AvgIpc) is 2.06. The van der Waals surface area contributed by atoms with Crippen molar-refractivity contribution in [2.24, 2.45) is 0 Å². The third-order valence-corrected chi connectivity index (χ3v) is 1.25. The first kappa shape index (κ1) is 8.84. The van der Waals surface area contributed by atoms with Gasteiger partial charge < -0.3 is 9.47 Å². The second kappa shape index (κ2) is 4.59. The lowest BCUT2D eigenvalue weighted by Gasteiger charge is -2.04. The van der Waals surface area contributed by atoms with E-state index in [2.05, 4.69) is 11.1 Å². The van der Waals surface area contributed by atoms with E-state index in [0.717, 1.165) is 0 Å². The normalized spacial score (nSPS) is 9.50. The standard InChI is InChI=1S/C9H12NO2/c1-3-11-8-5-6-10-9(7-8)12-4-2/h6-7H,3-4H2,1-2H3. The van der Waals surface area contributed by atoms with Crippen molar-refractivity contribution in [1.82, 2.24) is 4.98 Å². The van der Waals surface area contributed by atoms with Gasteiger partial charge in [-0.25, -0.2) is 4.98 Å². The molecule has 0 bridgehead atoms. The average molecular weight is 166 g/mol. The van der Waals surface area contributed by atoms with Gasteiger partial charge in [-0.05, 0) is 13.8 Å². The first-order valence-electron chi connectivity index (χ1n) is 4.00. The quantitative estimate of drug-likeness (QED) is 0.682. The maximum Gasteiger partial charge on any atom is 0.216 e. The van der Waals surface area contributed by atoms with Gasteiger partial charge in [-0.15, -0.1) is 0 Å². The Kier molecular flexibility index (Phi) is 3.38. The number of nitrogens with zero attached hydrogens (tertiary/aromatic N) is 1. The predicted octanol–water partition coefficient (Wildman–Crippen LogP) is 1.68. The minimum absolute atomic E-state index is 0.583. The van der Waals surface area contributed by atoms with Crippen molar-refractivity contribution >= 4 is 0 Å². The van der Waals surface area contributed by atoms with Crippen LogP contribution in [0.2, 0.25) is 0 Å². The smallest absolute Gasteiger partial charge is 0.216 e. The third-order valence-electron chi connectivity index (χ3n) is 1.25. The van der Waals surface area contributed by atoms with E-state index in [1.54, 1.807) is 12.3 Å². The van der Waals surface area contributed by atoms with E-state index in [1.807, 2.05) is 13.8 Å². The number of pyridine rings is 1. The fourth-order valence-corrected chi connectivity index (χ4v) is 0.816. The first-order valence-corrected chi connectivity index (χ1v) is 4.00. The summed E-state index contributed by atoms with van der Waals surface area (Å²) in [6.07, 6.45) is 1.55. The van der Waals surface area contributed by atoms with Gasteiger partial charge in [-0.3, -0.25) is 0 Å². The van der Waals surface area contributed by atoms with Crippen molar-refractivity contribution in [3.63, 3.8) is 0 Å². The number of hydrogen-bond acceptors (Lipinski definition) is 3. The van der Waals surface area contributed by atoms with Crippen LogP contribution in [0.3, 0.4) is 0 Å². The molecule has 65 valence electrons. The summed E-state index contributed by atoms with van der Waals surface area (Å²) in [5.41, 5.74) is 0. The van der Waals surface area contributed by atoms with Crippen LogP contribution in [-0.2, 0) is 0 Å². The van der Waals surface area contributed by atoms with Crippen molar-refractivity contribution in [3.05, 3.63) is 18.3 Å². The van der Waals surface area contributed by atoms with E-state index in [4.69, 9.17) is 9.47 Å². The summed E-state index contributed by atoms with van der Waals surface area (Å²) in [5, 5.41) is 0. The lowest BCUT2D eigenvalue weighted by atomic mass is 10.4. The first-order chi connectivity index (χ1) is 5.86. The highest BCUT2D eigenvalue weighted by Gasteiger charge is 1.96. The van der Waals surface area contributed by atoms with E-state index in [0.29, 0.717) is 24.8 Å². The third kappa shape index (κ3) is 2.42. The topological polar surface area (TPSA) is 31.4 Å². The molecular weight excluding hydrogens is 154 g/mol. The summed E-state index contributed by atoms with van der Waals surface area (Å²) in [4.78, 5) is 3.95. The SMILES string of the molecule is CCOc1[c]cnc(OCC)c1. The van der Waals surface area contributed by atoms with Gasteiger partial charge in [0.25, 0.3) is 0 Å². The largest absolute Gasteiger partial charge is 0.493 e. The molecule has 0 aliphatic heterocycles. The van der Waals surface area contributed by atoms with Gasteiger partial charge in [-0.1, -0.05) is 0 Å². The Morgan fingerprint density at radius 3 is 2.75 bits per heavy atom. The zero-order valence-corrected chi connectivity index (χ0v) is 7.33. The van der Waals surface area contributed by atoms with Crippen molar-refractivity contribution in [3.8, 4) is 11.6 Å². The molecule has 3 heteroatoms. The van der Waals surface area contributed by atoms with Gasteiger partial charge in [0.15, 0.2) is 0 Å². The van der Waals surface area contributed by atoms with Crippen LogP contribution in [0.4, 0.5) is 0 Å². The Hall–Kier alpha value is -1.25. The summed E-state index contributed by atoms with van der Waals surface area (Å²) >= 11 is 0. The highest BCUT2D eigenvalue weighted by atomic mass is 16.5. The van der Waals surface area contributed by atoms with Crippen molar-refractivity contribution in [2.45, 2.75) is 13.8 Å². The summed E-state index contributed by atoms with van der Waals surface area (Å²) in [6, 6.07) is 4.58. The Morgan fingerprint density at radius 1 is 1.33 bits per heavy atom. The van der Waals surface area contributed by atoms with Gasteiger partial charge in [0, 0.05) is 18.3 Å². The molecule has 12 heavy (non-hydrogen) atoms. The van der Waals surface area contributed by atoms with Gasteiger partial charge in [0.2, 0.25) is 5.88 Å². The molecular formula is C9H12NO2. The van der Waals surface area contributed by atoms with Crippen LogP contribution in [-0.4, -0.2) is 18.2 Å². The minimum atomic E-state index is 0.583. The highest BCUT2D eigenvalue weighted by molar-refractivity contribution is 5.24. The second-order valence-corrected chi connectivity index (χ2v) is 2.12. The fourth-order valence-electron chi connectivity index (χ4n) is 0.816. The molecule has 1 heterocycles. The summed E-state index contributed by atoms with van der Waals surface area (Å²) in [6.45, 7) is 5.09. The van der Waals surface area contributed by atoms with Gasteiger partial charge in [0.1, 0.15) is 5.75 Å². The van der Waals surface area contributed by atoms with Crippen LogP contribution in [0.1, 0.15) is 13.8 Å². The number of aromatic nitrogens is 1. The molecule has 0 saturated carbocycles. The van der Waals surface area contributed by atoms with E-state index in [9.17, 15) is 0 Å². The minimum Gasteiger partial charge on any atom is -0.493 e. The monoisotopic (exact) mass is 166 g/mol. The number of hydrogen-bond donors (Lipinski definition) is 0. The van der Waals surface area contributed by atoms with E-state index < -0.39 is 0 Å². The predicted molar refractivity (Wildman–Crippen MR) is 45.4 cm³/mol. The molecule has 1 radical (unpaired) electrons. The van der Waals surface area contributed by atoms with Gasteiger partial charge in [-0.2, -0.15) is 0 Å². The fraction of sp³-hybridized carbons (Fsp3) is 0.444. The van der Waals surface area contributed by atoms with Crippen LogP contribution in [0, 0.1) is 6.07 Å². The zero-order valence-electron chi connectivity index (χ0n) is 7.33. The van der Waals surface area contributed by atoms with Crippen LogP contribution < -0.4 is 9.47 Å². The lowest BCUT2D eigenvalue weighted by Crippen LogP contribution is -1.96. The molecule has 0 N–H and O–H groups in total. The molecule has 1 rings (SSSR count). The lowest BCUT2D eigenvalue weighted by molar-refractivity contribution is 0.313. The molecule has 1 aromatic rings. The molecule has 0 amide bonds.